The number of anilines is 1. The number of nitrogens with one attached hydrogen (secondary N) is 1. The number of hydrogen-bond acceptors (Lipinski definition) is 5. The van der Waals surface area contributed by atoms with E-state index in [0.29, 0.717) is 29.5 Å². The van der Waals surface area contributed by atoms with E-state index in [0.717, 1.165) is 16.1 Å². The van der Waals surface area contributed by atoms with Crippen LogP contribution in [0, 0.1) is 0 Å². The van der Waals surface area contributed by atoms with Crippen LogP contribution in [0.15, 0.2) is 78.9 Å². The molecule has 0 aliphatic carbocycles. The van der Waals surface area contributed by atoms with Gasteiger partial charge < -0.3 is 15.0 Å². The highest BCUT2D eigenvalue weighted by molar-refractivity contribution is 7.92. The number of likely N-dealkylation sites (N-methyl/N-ethyl adjacent to an activating group) is 1. The fraction of sp³-hybridized carbons (Fsp3) is 0.310. The summed E-state index contributed by atoms with van der Waals surface area (Å²) in [6.45, 7) is 3.82. The molecule has 208 valence electrons. The van der Waals surface area contributed by atoms with E-state index < -0.39 is 28.5 Å². The van der Waals surface area contributed by atoms with Gasteiger partial charge in [-0.05, 0) is 49.2 Å². The molecule has 0 saturated carbocycles. The Morgan fingerprint density at radius 2 is 1.62 bits per heavy atom. The normalized spacial score (nSPS) is 11.9. The average Bonchev–Trinajstić information content (AvgIpc) is 2.90. The number of amides is 2. The number of ether oxygens (including phenoxy) is 1. The number of halogens is 1. The maximum atomic E-state index is 14.0. The Morgan fingerprint density at radius 3 is 2.26 bits per heavy atom. The van der Waals surface area contributed by atoms with Gasteiger partial charge in [0, 0.05) is 24.5 Å². The summed E-state index contributed by atoms with van der Waals surface area (Å²) in [6.07, 6.45) is 1.28. The van der Waals surface area contributed by atoms with Gasteiger partial charge in [-0.3, -0.25) is 13.9 Å². The molecular formula is C29H34ClN3O5S. The highest BCUT2D eigenvalue weighted by Gasteiger charge is 2.33. The molecule has 3 aromatic carbocycles. The van der Waals surface area contributed by atoms with Crippen molar-refractivity contribution in [2.45, 2.75) is 32.9 Å². The van der Waals surface area contributed by atoms with Crippen molar-refractivity contribution < 1.29 is 22.7 Å². The molecule has 3 aromatic rings. The first-order valence-electron chi connectivity index (χ1n) is 12.7. The number of benzene rings is 3. The maximum Gasteiger partial charge on any atom is 0.244 e. The minimum Gasteiger partial charge on any atom is -0.492 e. The van der Waals surface area contributed by atoms with Crippen molar-refractivity contribution >= 4 is 39.1 Å². The zero-order chi connectivity index (χ0) is 28.4. The van der Waals surface area contributed by atoms with Crippen molar-refractivity contribution in [3.05, 3.63) is 95.0 Å². The molecular weight excluding hydrogens is 538 g/mol. The lowest BCUT2D eigenvalue weighted by atomic mass is 10.0. The number of nitrogens with zero attached hydrogens (tertiary/aromatic N) is 2. The first-order valence-corrected chi connectivity index (χ1v) is 14.9. The molecule has 0 unspecified atom stereocenters. The van der Waals surface area contributed by atoms with Crippen molar-refractivity contribution in [1.29, 1.82) is 0 Å². The summed E-state index contributed by atoms with van der Waals surface area (Å²) in [5.41, 5.74) is 1.81. The lowest BCUT2D eigenvalue weighted by Gasteiger charge is -2.33. The van der Waals surface area contributed by atoms with Gasteiger partial charge in [0.15, 0.2) is 0 Å². The van der Waals surface area contributed by atoms with Gasteiger partial charge in [0.25, 0.3) is 0 Å². The Balaban J connectivity index is 2.06. The van der Waals surface area contributed by atoms with Crippen molar-refractivity contribution in [1.82, 2.24) is 10.2 Å². The van der Waals surface area contributed by atoms with E-state index in [-0.39, 0.29) is 24.6 Å². The van der Waals surface area contributed by atoms with Crippen molar-refractivity contribution in [3.63, 3.8) is 0 Å². The molecule has 1 atom stereocenters. The Hall–Kier alpha value is -3.56. The van der Waals surface area contributed by atoms with Gasteiger partial charge in [0.1, 0.15) is 18.3 Å². The summed E-state index contributed by atoms with van der Waals surface area (Å²) in [6, 6.07) is 22.1. The van der Waals surface area contributed by atoms with Gasteiger partial charge in [-0.15, -0.1) is 0 Å². The van der Waals surface area contributed by atoms with Crippen LogP contribution < -0.4 is 14.4 Å². The van der Waals surface area contributed by atoms with E-state index in [1.54, 1.807) is 56.3 Å². The number of sulfonamides is 1. The molecule has 0 radical (unpaired) electrons. The lowest BCUT2D eigenvalue weighted by Crippen LogP contribution is -2.53. The minimum atomic E-state index is -3.90. The van der Waals surface area contributed by atoms with Gasteiger partial charge >= 0.3 is 0 Å². The molecule has 39 heavy (non-hydrogen) atoms. The highest BCUT2D eigenvalue weighted by Crippen LogP contribution is 2.30. The number of para-hydroxylation sites is 2. The van der Waals surface area contributed by atoms with Crippen LogP contribution in [-0.4, -0.2) is 57.1 Å². The van der Waals surface area contributed by atoms with Crippen LogP contribution in [0.2, 0.25) is 5.02 Å². The monoisotopic (exact) mass is 571 g/mol. The topological polar surface area (TPSA) is 96.0 Å². The quantitative estimate of drug-likeness (QED) is 0.330. The van der Waals surface area contributed by atoms with Gasteiger partial charge in [-0.1, -0.05) is 66.2 Å². The number of hydrogen-bond donors (Lipinski definition) is 1. The van der Waals surface area contributed by atoms with Crippen LogP contribution in [0.5, 0.6) is 5.75 Å². The smallest absolute Gasteiger partial charge is 0.244 e. The van der Waals surface area contributed by atoms with E-state index in [4.69, 9.17) is 16.3 Å². The SMILES string of the molecule is CCNC(=O)[C@H](Cc1ccccc1)N(Cc1cccc(Cl)c1)C(=O)CN(c1ccccc1OCC)S(C)(=O)=O. The molecule has 10 heteroatoms. The van der Waals surface area contributed by atoms with E-state index in [9.17, 15) is 18.0 Å². The predicted octanol–water partition coefficient (Wildman–Crippen LogP) is 4.28. The second-order valence-corrected chi connectivity index (χ2v) is 11.3. The van der Waals surface area contributed by atoms with Crippen molar-refractivity contribution in [2.24, 2.45) is 0 Å². The number of carbonyl (C=O) groups is 2. The maximum absolute atomic E-state index is 14.0. The van der Waals surface area contributed by atoms with E-state index >= 15 is 0 Å². The molecule has 0 fully saturated rings. The largest absolute Gasteiger partial charge is 0.492 e. The minimum absolute atomic E-state index is 0.0543. The third kappa shape index (κ3) is 8.46. The second-order valence-electron chi connectivity index (χ2n) is 8.92. The summed E-state index contributed by atoms with van der Waals surface area (Å²) in [7, 11) is -3.90. The fourth-order valence-corrected chi connectivity index (χ4v) is 5.28. The Morgan fingerprint density at radius 1 is 0.949 bits per heavy atom. The van der Waals surface area contributed by atoms with Gasteiger partial charge in [-0.25, -0.2) is 8.42 Å². The van der Waals surface area contributed by atoms with Gasteiger partial charge in [-0.2, -0.15) is 0 Å². The average molecular weight is 572 g/mol. The Bertz CT molecular complexity index is 1370. The molecule has 8 nitrogen and oxygen atoms in total. The molecule has 0 bridgehead atoms. The standard InChI is InChI=1S/C29H34ClN3O5S/c1-4-31-29(35)26(19-22-12-7-6-8-13-22)32(20-23-14-11-15-24(30)18-23)28(34)21-33(39(3,36)37)25-16-9-10-17-27(25)38-5-2/h6-18,26H,4-5,19-21H2,1-3H3,(H,31,35)/t26-/m0/s1. The van der Waals surface area contributed by atoms with Gasteiger partial charge in [0.05, 0.1) is 18.6 Å². The molecule has 0 aliphatic rings. The van der Waals surface area contributed by atoms with Crippen LogP contribution in [0.3, 0.4) is 0 Å². The molecule has 0 aromatic heterocycles. The van der Waals surface area contributed by atoms with Crippen molar-refractivity contribution in [2.75, 3.05) is 30.3 Å². The fourth-order valence-electron chi connectivity index (χ4n) is 4.21. The number of rotatable bonds is 13. The van der Waals surface area contributed by atoms with Crippen LogP contribution in [0.4, 0.5) is 5.69 Å². The van der Waals surface area contributed by atoms with E-state index in [2.05, 4.69) is 5.32 Å². The summed E-state index contributed by atoms with van der Waals surface area (Å²) in [4.78, 5) is 28.8. The van der Waals surface area contributed by atoms with E-state index in [1.807, 2.05) is 36.4 Å². The summed E-state index contributed by atoms with van der Waals surface area (Å²) >= 11 is 6.22. The van der Waals surface area contributed by atoms with Crippen molar-refractivity contribution in [3.8, 4) is 5.75 Å². The zero-order valence-corrected chi connectivity index (χ0v) is 23.9. The van der Waals surface area contributed by atoms with Crippen LogP contribution in [0.1, 0.15) is 25.0 Å². The number of carbonyl (C=O) groups excluding carboxylic acids is 2. The Labute approximate surface area is 235 Å². The van der Waals surface area contributed by atoms with E-state index in [1.165, 1.54) is 4.90 Å². The molecule has 1 N–H and O–H groups in total. The first kappa shape index (κ1) is 30.0. The molecule has 0 aliphatic heterocycles. The van der Waals surface area contributed by atoms with Crippen LogP contribution in [-0.2, 0) is 32.6 Å². The first-order chi connectivity index (χ1) is 18.6. The third-order valence-electron chi connectivity index (χ3n) is 5.98. The molecule has 0 heterocycles. The molecule has 2 amide bonds. The second kappa shape index (κ2) is 14.0. The Kier molecular flexibility index (Phi) is 10.8. The molecule has 0 saturated heterocycles. The van der Waals surface area contributed by atoms with Gasteiger partial charge in [0.2, 0.25) is 21.8 Å². The third-order valence-corrected chi connectivity index (χ3v) is 7.34. The lowest BCUT2D eigenvalue weighted by molar-refractivity contribution is -0.140. The molecule has 3 rings (SSSR count). The summed E-state index contributed by atoms with van der Waals surface area (Å²) in [5, 5.41) is 3.32. The summed E-state index contributed by atoms with van der Waals surface area (Å²) < 4.78 is 32.6. The van der Waals surface area contributed by atoms with Crippen LogP contribution in [0.25, 0.3) is 0 Å². The zero-order valence-electron chi connectivity index (χ0n) is 22.3. The predicted molar refractivity (Wildman–Crippen MR) is 154 cm³/mol. The van der Waals surface area contributed by atoms with Crippen LogP contribution >= 0.6 is 11.6 Å². The highest BCUT2D eigenvalue weighted by atomic mass is 35.5. The molecule has 0 spiro atoms. The summed E-state index contributed by atoms with van der Waals surface area (Å²) in [5.74, 6) is -0.541.